The predicted molar refractivity (Wildman–Crippen MR) is 49.4 cm³/mol. The van der Waals surface area contributed by atoms with Gasteiger partial charge in [0, 0.05) is 0 Å². The molecule has 1 aliphatic rings. The molecule has 0 aromatic rings. The van der Waals surface area contributed by atoms with Gasteiger partial charge in [-0.2, -0.15) is 0 Å². The minimum absolute atomic E-state index is 0.0584. The fraction of sp³-hybridized carbons (Fsp3) is 0.900. The van der Waals surface area contributed by atoms with Crippen LogP contribution in [0.3, 0.4) is 0 Å². The number of hydrogen-bond acceptors (Lipinski definition) is 3. The minimum Gasteiger partial charge on any atom is -0.466 e. The second-order valence-corrected chi connectivity index (χ2v) is 4.15. The van der Waals surface area contributed by atoms with Crippen molar-refractivity contribution in [1.82, 2.24) is 0 Å². The quantitative estimate of drug-likeness (QED) is 0.630. The van der Waals surface area contributed by atoms with Crippen LogP contribution in [-0.2, 0) is 14.3 Å². The van der Waals surface area contributed by atoms with Crippen molar-refractivity contribution in [3.05, 3.63) is 0 Å². The van der Waals surface area contributed by atoms with Crippen LogP contribution >= 0.6 is 0 Å². The molecule has 1 rings (SSSR count). The van der Waals surface area contributed by atoms with Gasteiger partial charge in [0.2, 0.25) is 0 Å². The summed E-state index contributed by atoms with van der Waals surface area (Å²) in [5, 5.41) is 0. The molecule has 0 spiro atoms. The number of carbonyl (C=O) groups is 1. The van der Waals surface area contributed by atoms with Crippen molar-refractivity contribution in [2.45, 2.75) is 39.2 Å². The van der Waals surface area contributed by atoms with Gasteiger partial charge in [0.05, 0.1) is 25.2 Å². The maximum Gasteiger partial charge on any atom is 0.306 e. The molecular formula is C10H18O3. The van der Waals surface area contributed by atoms with E-state index in [0.717, 1.165) is 6.42 Å². The molecule has 0 amide bonds. The monoisotopic (exact) mass is 186 g/mol. The Morgan fingerprint density at radius 2 is 2.31 bits per heavy atom. The molecule has 1 saturated heterocycles. The summed E-state index contributed by atoms with van der Waals surface area (Å²) < 4.78 is 10.4. The Kier molecular flexibility index (Phi) is 3.31. The molecule has 13 heavy (non-hydrogen) atoms. The average molecular weight is 186 g/mol. The van der Waals surface area contributed by atoms with Crippen LogP contribution in [0.5, 0.6) is 0 Å². The highest BCUT2D eigenvalue weighted by molar-refractivity contribution is 5.69. The second kappa shape index (κ2) is 4.09. The highest BCUT2D eigenvalue weighted by Crippen LogP contribution is 2.31. The summed E-state index contributed by atoms with van der Waals surface area (Å²) in [5.74, 6) is 0.239. The smallest absolute Gasteiger partial charge is 0.306 e. The Morgan fingerprint density at radius 3 is 2.77 bits per heavy atom. The zero-order valence-electron chi connectivity index (χ0n) is 8.63. The second-order valence-electron chi connectivity index (χ2n) is 4.15. The van der Waals surface area contributed by atoms with Gasteiger partial charge < -0.3 is 9.47 Å². The van der Waals surface area contributed by atoms with Crippen LogP contribution < -0.4 is 0 Å². The lowest BCUT2D eigenvalue weighted by atomic mass is 9.95. The fourth-order valence-electron chi connectivity index (χ4n) is 1.74. The van der Waals surface area contributed by atoms with Gasteiger partial charge in [0.1, 0.15) is 0 Å². The van der Waals surface area contributed by atoms with Crippen LogP contribution in [0.4, 0.5) is 0 Å². The molecule has 0 aliphatic carbocycles. The first-order valence-electron chi connectivity index (χ1n) is 4.83. The van der Waals surface area contributed by atoms with Gasteiger partial charge in [-0.1, -0.05) is 0 Å². The lowest BCUT2D eigenvalue weighted by Crippen LogP contribution is -2.17. The molecule has 0 saturated carbocycles. The van der Waals surface area contributed by atoms with E-state index in [1.54, 1.807) is 0 Å². The van der Waals surface area contributed by atoms with Crippen molar-refractivity contribution in [3.63, 3.8) is 0 Å². The summed E-state index contributed by atoms with van der Waals surface area (Å²) in [6.45, 7) is 7.09. The molecule has 0 bridgehead atoms. The van der Waals surface area contributed by atoms with Crippen molar-refractivity contribution in [1.29, 1.82) is 0 Å². The van der Waals surface area contributed by atoms with E-state index in [1.165, 1.54) is 0 Å². The molecule has 3 heteroatoms. The van der Waals surface area contributed by atoms with Crippen LogP contribution in [0.2, 0.25) is 0 Å². The third-order valence-electron chi connectivity index (χ3n) is 2.25. The van der Waals surface area contributed by atoms with E-state index >= 15 is 0 Å². The largest absolute Gasteiger partial charge is 0.466 e. The summed E-state index contributed by atoms with van der Waals surface area (Å²) in [5.41, 5.74) is -0.0584. The Bertz CT molecular complexity index is 187. The predicted octanol–water partition coefficient (Wildman–Crippen LogP) is 1.75. The van der Waals surface area contributed by atoms with E-state index in [2.05, 4.69) is 13.8 Å². The summed E-state index contributed by atoms with van der Waals surface area (Å²) in [7, 11) is 0. The van der Waals surface area contributed by atoms with E-state index in [-0.39, 0.29) is 11.6 Å². The molecule has 76 valence electrons. The van der Waals surface area contributed by atoms with Gasteiger partial charge in [-0.15, -0.1) is 0 Å². The Labute approximate surface area is 79.4 Å². The van der Waals surface area contributed by atoms with E-state index in [1.807, 2.05) is 6.92 Å². The van der Waals surface area contributed by atoms with Gasteiger partial charge in [-0.05, 0) is 33.1 Å². The van der Waals surface area contributed by atoms with Crippen LogP contribution in [0.1, 0.15) is 33.6 Å². The van der Waals surface area contributed by atoms with Crippen LogP contribution in [0, 0.1) is 5.92 Å². The van der Waals surface area contributed by atoms with Gasteiger partial charge in [-0.3, -0.25) is 4.79 Å². The summed E-state index contributed by atoms with van der Waals surface area (Å²) in [6, 6.07) is 0. The molecule has 1 unspecified atom stereocenters. The first-order chi connectivity index (χ1) is 6.03. The molecule has 0 aromatic heterocycles. The Hall–Kier alpha value is -0.570. The molecule has 0 radical (unpaired) electrons. The Morgan fingerprint density at radius 1 is 1.62 bits per heavy atom. The average Bonchev–Trinajstić information content (AvgIpc) is 2.30. The lowest BCUT2D eigenvalue weighted by Gasteiger charge is -2.15. The highest BCUT2D eigenvalue weighted by atomic mass is 16.5. The standard InChI is InChI=1S/C10H18O3/c1-4-12-9(11)5-8-6-10(2,3)13-7-8/h8H,4-7H2,1-3H3. The summed E-state index contributed by atoms with van der Waals surface area (Å²) in [4.78, 5) is 11.1. The first-order valence-corrected chi connectivity index (χ1v) is 4.83. The first kappa shape index (κ1) is 10.5. The van der Waals surface area contributed by atoms with Crippen molar-refractivity contribution in [2.24, 2.45) is 5.92 Å². The number of carbonyl (C=O) groups excluding carboxylic acids is 1. The number of rotatable bonds is 3. The van der Waals surface area contributed by atoms with Crippen molar-refractivity contribution in [3.8, 4) is 0 Å². The number of ether oxygens (including phenoxy) is 2. The fourth-order valence-corrected chi connectivity index (χ4v) is 1.74. The molecule has 1 atom stereocenters. The number of esters is 1. The zero-order valence-corrected chi connectivity index (χ0v) is 8.63. The summed E-state index contributed by atoms with van der Waals surface area (Å²) >= 11 is 0. The SMILES string of the molecule is CCOC(=O)CC1COC(C)(C)C1. The van der Waals surface area contributed by atoms with Crippen LogP contribution in [0.15, 0.2) is 0 Å². The Balaban J connectivity index is 2.28. The van der Waals surface area contributed by atoms with Gasteiger partial charge in [0.15, 0.2) is 0 Å². The van der Waals surface area contributed by atoms with Gasteiger partial charge >= 0.3 is 5.97 Å². The highest BCUT2D eigenvalue weighted by Gasteiger charge is 2.33. The van der Waals surface area contributed by atoms with Crippen LogP contribution in [0.25, 0.3) is 0 Å². The van der Waals surface area contributed by atoms with Crippen molar-refractivity contribution >= 4 is 5.97 Å². The summed E-state index contributed by atoms with van der Waals surface area (Å²) in [6.07, 6.45) is 1.45. The van der Waals surface area contributed by atoms with Gasteiger partial charge in [0.25, 0.3) is 0 Å². The van der Waals surface area contributed by atoms with E-state index < -0.39 is 0 Å². The lowest BCUT2D eigenvalue weighted by molar-refractivity contribution is -0.144. The van der Waals surface area contributed by atoms with Crippen molar-refractivity contribution in [2.75, 3.05) is 13.2 Å². The van der Waals surface area contributed by atoms with Crippen LogP contribution in [-0.4, -0.2) is 24.8 Å². The molecule has 1 heterocycles. The maximum absolute atomic E-state index is 11.1. The topological polar surface area (TPSA) is 35.5 Å². The minimum atomic E-state index is -0.103. The molecule has 1 aliphatic heterocycles. The van der Waals surface area contributed by atoms with Gasteiger partial charge in [-0.25, -0.2) is 0 Å². The molecule has 0 N–H and O–H groups in total. The molecular weight excluding hydrogens is 168 g/mol. The van der Waals surface area contributed by atoms with E-state index in [4.69, 9.17) is 9.47 Å². The number of hydrogen-bond donors (Lipinski definition) is 0. The van der Waals surface area contributed by atoms with Crippen molar-refractivity contribution < 1.29 is 14.3 Å². The normalized spacial score (nSPS) is 25.9. The third kappa shape index (κ3) is 3.35. The molecule has 1 fully saturated rings. The van der Waals surface area contributed by atoms with E-state index in [9.17, 15) is 4.79 Å². The molecule has 3 nitrogen and oxygen atoms in total. The third-order valence-corrected chi connectivity index (χ3v) is 2.25. The maximum atomic E-state index is 11.1. The zero-order chi connectivity index (χ0) is 9.90. The van der Waals surface area contributed by atoms with E-state index in [0.29, 0.717) is 25.6 Å². The molecule has 0 aromatic carbocycles.